The number of aryl methyl sites for hydroxylation is 1. The Balaban J connectivity index is 1.52. The summed E-state index contributed by atoms with van der Waals surface area (Å²) in [5.74, 6) is 0.922. The molecule has 0 bridgehead atoms. The number of aromatic nitrogens is 1. The van der Waals surface area contributed by atoms with E-state index in [0.717, 1.165) is 30.4 Å². The van der Waals surface area contributed by atoms with E-state index in [-0.39, 0.29) is 12.4 Å². The van der Waals surface area contributed by atoms with Gasteiger partial charge in [-0.05, 0) is 60.1 Å². The van der Waals surface area contributed by atoms with Crippen molar-refractivity contribution in [3.05, 3.63) is 52.0 Å². The summed E-state index contributed by atoms with van der Waals surface area (Å²) >= 11 is 6.39. The minimum absolute atomic E-state index is 0.120. The molecule has 1 heterocycles. The first-order chi connectivity index (χ1) is 13.6. The third-order valence-electron chi connectivity index (χ3n) is 5.23. The number of fused-ring (bicyclic) bond motifs is 2. The Morgan fingerprint density at radius 3 is 2.79 bits per heavy atom. The van der Waals surface area contributed by atoms with Crippen molar-refractivity contribution in [3.8, 4) is 5.75 Å². The molecule has 0 aliphatic heterocycles. The van der Waals surface area contributed by atoms with Crippen LogP contribution in [0, 0.1) is 5.41 Å². The third-order valence-corrected chi connectivity index (χ3v) is 6.15. The van der Waals surface area contributed by atoms with Crippen molar-refractivity contribution in [2.45, 2.75) is 39.7 Å². The quantitative estimate of drug-likeness (QED) is 0.614. The van der Waals surface area contributed by atoms with Crippen LogP contribution in [0.1, 0.15) is 37.0 Å². The van der Waals surface area contributed by atoms with Crippen LogP contribution in [0.4, 0.5) is 5.82 Å². The third kappa shape index (κ3) is 4.51. The molecule has 4 rings (SSSR count). The predicted octanol–water partition coefficient (Wildman–Crippen LogP) is 4.95. The summed E-state index contributed by atoms with van der Waals surface area (Å²) in [5, 5.41) is 4.73. The number of nitrogens with one attached hydrogen (secondary N) is 1. The standard InChI is InChI=1S/C21H23ClN2O4S/c1-21(2)7-6-13-8-16(5-4-14(13)11-21)27-12-15-9-19-17(10-18(15)22)20(23-28-19)24-29(3,25)26/h4-5,8-10H,6-7,11-12H2,1-3H3,(H,23,24). The number of benzene rings is 2. The number of rotatable bonds is 5. The molecule has 1 aliphatic carbocycles. The van der Waals surface area contributed by atoms with E-state index in [1.165, 1.54) is 17.5 Å². The van der Waals surface area contributed by atoms with Crippen LogP contribution in [0.5, 0.6) is 5.75 Å². The number of hydrogen-bond acceptors (Lipinski definition) is 5. The molecule has 3 aromatic rings. The Morgan fingerprint density at radius 2 is 2.03 bits per heavy atom. The average Bonchev–Trinajstić information content (AvgIpc) is 2.99. The minimum atomic E-state index is -3.46. The molecule has 29 heavy (non-hydrogen) atoms. The van der Waals surface area contributed by atoms with Crippen LogP contribution < -0.4 is 9.46 Å². The van der Waals surface area contributed by atoms with E-state index < -0.39 is 10.0 Å². The van der Waals surface area contributed by atoms with Gasteiger partial charge in [0.25, 0.3) is 0 Å². The van der Waals surface area contributed by atoms with Crippen molar-refractivity contribution < 1.29 is 17.7 Å². The maximum absolute atomic E-state index is 11.4. The molecule has 0 radical (unpaired) electrons. The fourth-order valence-electron chi connectivity index (χ4n) is 3.70. The molecule has 0 unspecified atom stereocenters. The topological polar surface area (TPSA) is 81.4 Å². The monoisotopic (exact) mass is 434 g/mol. The SMILES string of the molecule is CC1(C)CCc2cc(OCc3cc4onc(NS(C)(=O)=O)c4cc3Cl)ccc2C1. The number of sulfonamides is 1. The van der Waals surface area contributed by atoms with E-state index in [0.29, 0.717) is 21.4 Å². The normalized spacial score (nSPS) is 15.9. The van der Waals surface area contributed by atoms with Gasteiger partial charge >= 0.3 is 0 Å². The van der Waals surface area contributed by atoms with Crippen molar-refractivity contribution >= 4 is 38.4 Å². The Bertz CT molecular complexity index is 1180. The fraction of sp³-hybridized carbons (Fsp3) is 0.381. The summed E-state index contributed by atoms with van der Waals surface area (Å²) in [5.41, 5.74) is 4.25. The van der Waals surface area contributed by atoms with Gasteiger partial charge in [-0.1, -0.05) is 36.7 Å². The lowest BCUT2D eigenvalue weighted by molar-refractivity contribution is 0.299. The first-order valence-electron chi connectivity index (χ1n) is 9.40. The fourth-order valence-corrected chi connectivity index (χ4v) is 4.41. The lowest BCUT2D eigenvalue weighted by atomic mass is 9.74. The number of ether oxygens (including phenoxy) is 1. The minimum Gasteiger partial charge on any atom is -0.489 e. The van der Waals surface area contributed by atoms with Gasteiger partial charge in [-0.25, -0.2) is 8.42 Å². The summed E-state index contributed by atoms with van der Waals surface area (Å²) in [6.45, 7) is 4.88. The first kappa shape index (κ1) is 20.0. The molecule has 0 saturated heterocycles. The highest BCUT2D eigenvalue weighted by Gasteiger charge is 2.25. The number of hydrogen-bond donors (Lipinski definition) is 1. The number of halogens is 1. The largest absolute Gasteiger partial charge is 0.489 e. The van der Waals surface area contributed by atoms with E-state index in [1.54, 1.807) is 12.1 Å². The van der Waals surface area contributed by atoms with Crippen LogP contribution in [0.3, 0.4) is 0 Å². The molecule has 1 N–H and O–H groups in total. The van der Waals surface area contributed by atoms with Crippen molar-refractivity contribution in [2.75, 3.05) is 11.0 Å². The zero-order valence-corrected chi connectivity index (χ0v) is 18.2. The molecule has 0 spiro atoms. The van der Waals surface area contributed by atoms with Crippen molar-refractivity contribution in [1.82, 2.24) is 5.16 Å². The second-order valence-corrected chi connectivity index (χ2v) is 10.6. The van der Waals surface area contributed by atoms with Crippen LogP contribution in [-0.4, -0.2) is 19.8 Å². The molecule has 1 aliphatic rings. The highest BCUT2D eigenvalue weighted by atomic mass is 35.5. The van der Waals surface area contributed by atoms with Crippen molar-refractivity contribution in [2.24, 2.45) is 5.41 Å². The lowest BCUT2D eigenvalue weighted by Crippen LogP contribution is -2.22. The first-order valence-corrected chi connectivity index (χ1v) is 11.7. The molecule has 8 heteroatoms. The second-order valence-electron chi connectivity index (χ2n) is 8.41. The van der Waals surface area contributed by atoms with Gasteiger partial charge in [0.15, 0.2) is 11.4 Å². The molecule has 0 fully saturated rings. The average molecular weight is 435 g/mol. The lowest BCUT2D eigenvalue weighted by Gasteiger charge is -2.31. The molecule has 1 aromatic heterocycles. The Hall–Kier alpha value is -2.25. The van der Waals surface area contributed by atoms with Gasteiger partial charge in [0.05, 0.1) is 11.6 Å². The van der Waals surface area contributed by atoms with E-state index in [1.807, 2.05) is 6.07 Å². The van der Waals surface area contributed by atoms with E-state index >= 15 is 0 Å². The van der Waals surface area contributed by atoms with E-state index in [9.17, 15) is 8.42 Å². The maximum Gasteiger partial charge on any atom is 0.231 e. The van der Waals surface area contributed by atoms with Crippen LogP contribution in [-0.2, 0) is 29.5 Å². The van der Waals surface area contributed by atoms with Gasteiger partial charge in [0, 0.05) is 10.6 Å². The predicted molar refractivity (Wildman–Crippen MR) is 114 cm³/mol. The maximum atomic E-state index is 11.4. The second kappa shape index (κ2) is 7.22. The Labute approximate surface area is 175 Å². The smallest absolute Gasteiger partial charge is 0.231 e. The summed E-state index contributed by atoms with van der Waals surface area (Å²) in [6.07, 6.45) is 4.36. The van der Waals surface area contributed by atoms with Crippen LogP contribution in [0.2, 0.25) is 5.02 Å². The van der Waals surface area contributed by atoms with Gasteiger partial charge < -0.3 is 9.26 Å². The van der Waals surface area contributed by atoms with Crippen LogP contribution >= 0.6 is 11.6 Å². The zero-order chi connectivity index (χ0) is 20.8. The van der Waals surface area contributed by atoms with Crippen molar-refractivity contribution in [1.29, 1.82) is 0 Å². The summed E-state index contributed by atoms with van der Waals surface area (Å²) in [7, 11) is -3.46. The molecule has 2 aromatic carbocycles. The Kier molecular flexibility index (Phi) is 4.99. The van der Waals surface area contributed by atoms with Gasteiger partial charge in [0.2, 0.25) is 10.0 Å². The molecule has 0 amide bonds. The summed E-state index contributed by atoms with van der Waals surface area (Å²) in [6, 6.07) is 9.61. The van der Waals surface area contributed by atoms with E-state index in [2.05, 4.69) is 35.9 Å². The van der Waals surface area contributed by atoms with Crippen molar-refractivity contribution in [3.63, 3.8) is 0 Å². The molecule has 6 nitrogen and oxygen atoms in total. The highest BCUT2D eigenvalue weighted by Crippen LogP contribution is 2.36. The van der Waals surface area contributed by atoms with Gasteiger partial charge in [-0.15, -0.1) is 0 Å². The molecule has 0 saturated carbocycles. The van der Waals surface area contributed by atoms with Gasteiger partial charge in [0.1, 0.15) is 12.4 Å². The van der Waals surface area contributed by atoms with Crippen LogP contribution in [0.25, 0.3) is 11.0 Å². The van der Waals surface area contributed by atoms with E-state index in [4.69, 9.17) is 20.9 Å². The van der Waals surface area contributed by atoms with Crippen LogP contribution in [0.15, 0.2) is 34.9 Å². The van der Waals surface area contributed by atoms with Gasteiger partial charge in [-0.3, -0.25) is 4.72 Å². The molecule has 154 valence electrons. The molecule has 0 atom stereocenters. The summed E-state index contributed by atoms with van der Waals surface area (Å²) < 4.78 is 36.4. The van der Waals surface area contributed by atoms with Gasteiger partial charge in [-0.2, -0.15) is 0 Å². The number of anilines is 1. The molecular weight excluding hydrogens is 412 g/mol. The highest BCUT2D eigenvalue weighted by molar-refractivity contribution is 7.92. The molecular formula is C21H23ClN2O4S. The Morgan fingerprint density at radius 1 is 1.24 bits per heavy atom. The summed E-state index contributed by atoms with van der Waals surface area (Å²) in [4.78, 5) is 0. The number of nitrogens with zero attached hydrogens (tertiary/aromatic N) is 1. The zero-order valence-electron chi connectivity index (χ0n) is 16.6.